The fourth-order valence-electron chi connectivity index (χ4n) is 4.59. The second kappa shape index (κ2) is 13.1. The van der Waals surface area contributed by atoms with Crippen molar-refractivity contribution in [2.45, 2.75) is 6.92 Å². The molecule has 0 radical (unpaired) electrons. The fraction of sp³-hybridized carbons (Fsp3) is 0.0909. The number of benzene rings is 4. The zero-order valence-electron chi connectivity index (χ0n) is 23.6. The lowest BCUT2D eigenvalue weighted by Crippen LogP contribution is -2.21. The van der Waals surface area contributed by atoms with Gasteiger partial charge in [-0.25, -0.2) is 9.37 Å². The maximum Gasteiger partial charge on any atom is 0.282 e. The average molecular weight is 737 g/mol. The minimum absolute atomic E-state index is 0.0571. The molecule has 0 aliphatic rings. The molecular weight excluding hydrogens is 714 g/mol. The second-order valence-electron chi connectivity index (χ2n) is 9.69. The molecule has 9 nitrogen and oxygen atoms in total. The van der Waals surface area contributed by atoms with Gasteiger partial charge in [-0.05, 0) is 95.7 Å². The number of carbonyl (C=O) groups excluding carboxylic acids is 1. The molecule has 0 fully saturated rings. The summed E-state index contributed by atoms with van der Waals surface area (Å²) in [5.41, 5.74) is 1.35. The first-order valence-corrected chi connectivity index (χ1v) is 15.2. The molecule has 2 heterocycles. The lowest BCUT2D eigenvalue weighted by Gasteiger charge is -2.15. The Morgan fingerprint density at radius 2 is 1.89 bits per heavy atom. The van der Waals surface area contributed by atoms with Crippen molar-refractivity contribution in [3.05, 3.63) is 115 Å². The lowest BCUT2D eigenvalue weighted by molar-refractivity contribution is -0.118. The highest BCUT2D eigenvalue weighted by atomic mass is 127. The summed E-state index contributed by atoms with van der Waals surface area (Å²) in [6.07, 6.45) is 1.50. The van der Waals surface area contributed by atoms with Crippen LogP contribution in [0.15, 0.2) is 99.2 Å². The Morgan fingerprint density at radius 1 is 1.09 bits per heavy atom. The molecule has 6 rings (SSSR count). The summed E-state index contributed by atoms with van der Waals surface area (Å²) >= 11 is 8.23. The van der Waals surface area contributed by atoms with Crippen molar-refractivity contribution in [3.8, 4) is 23.1 Å². The van der Waals surface area contributed by atoms with Gasteiger partial charge >= 0.3 is 0 Å². The number of aromatic nitrogens is 2. The number of anilines is 1. The molecule has 0 saturated carbocycles. The third-order valence-corrected chi connectivity index (χ3v) is 7.64. The normalized spacial score (nSPS) is 11.4. The van der Waals surface area contributed by atoms with E-state index in [1.54, 1.807) is 66.7 Å². The molecule has 0 spiro atoms. The molecule has 2 aromatic heterocycles. The van der Waals surface area contributed by atoms with Crippen LogP contribution in [-0.2, 0) is 4.79 Å². The highest BCUT2D eigenvalue weighted by molar-refractivity contribution is 14.1. The van der Waals surface area contributed by atoms with Gasteiger partial charge in [0.2, 0.25) is 5.82 Å². The number of hydrogen-bond acceptors (Lipinski definition) is 7. The molecule has 226 valence electrons. The first-order valence-electron chi connectivity index (χ1n) is 13.7. The Morgan fingerprint density at radius 3 is 2.71 bits per heavy atom. The number of halogens is 3. The molecule has 0 saturated heterocycles. The van der Waals surface area contributed by atoms with E-state index < -0.39 is 11.7 Å². The highest BCUT2D eigenvalue weighted by Crippen LogP contribution is 2.34. The van der Waals surface area contributed by atoms with Crippen LogP contribution >= 0.6 is 34.2 Å². The quantitative estimate of drug-likeness (QED) is 0.122. The lowest BCUT2D eigenvalue weighted by atomic mass is 10.2. The molecule has 0 bridgehead atoms. The van der Waals surface area contributed by atoms with E-state index in [4.69, 9.17) is 30.5 Å². The van der Waals surface area contributed by atoms with Gasteiger partial charge in [-0.15, -0.1) is 0 Å². The van der Waals surface area contributed by atoms with Crippen LogP contribution in [0, 0.1) is 9.39 Å². The Balaban J connectivity index is 1.33. The number of furan rings is 1. The molecule has 0 atom stereocenters. The largest absolute Gasteiger partial charge is 0.490 e. The number of fused-ring (bicyclic) bond motifs is 2. The van der Waals surface area contributed by atoms with E-state index in [9.17, 15) is 14.0 Å². The van der Waals surface area contributed by atoms with Crippen LogP contribution in [0.25, 0.3) is 33.5 Å². The number of rotatable bonds is 9. The number of amides is 1. The summed E-state index contributed by atoms with van der Waals surface area (Å²) in [6.45, 7) is 1.76. The summed E-state index contributed by atoms with van der Waals surface area (Å²) in [5.74, 6) is 0.171. The van der Waals surface area contributed by atoms with E-state index in [1.807, 2.05) is 6.92 Å². The maximum atomic E-state index is 13.9. The van der Waals surface area contributed by atoms with Crippen LogP contribution < -0.4 is 20.3 Å². The Bertz CT molecular complexity index is 2160. The third-order valence-electron chi connectivity index (χ3n) is 6.60. The number of para-hydroxylation sites is 2. The number of nitrogens with zero attached hydrogens (tertiary/aromatic N) is 3. The molecular formula is C33H23ClFIN4O5. The molecule has 1 amide bonds. The topological polar surface area (TPSA) is 108 Å². The van der Waals surface area contributed by atoms with Crippen LogP contribution in [-0.4, -0.2) is 35.0 Å². The first-order chi connectivity index (χ1) is 21.8. The summed E-state index contributed by atoms with van der Waals surface area (Å²) in [5, 5.41) is 8.71. The summed E-state index contributed by atoms with van der Waals surface area (Å²) in [6, 6.07) is 23.3. The van der Waals surface area contributed by atoms with Gasteiger partial charge in [0.05, 0.1) is 33.0 Å². The minimum Gasteiger partial charge on any atom is -0.490 e. The van der Waals surface area contributed by atoms with Gasteiger partial charge in [0.15, 0.2) is 23.9 Å². The zero-order chi connectivity index (χ0) is 31.5. The van der Waals surface area contributed by atoms with E-state index in [-0.39, 0.29) is 23.7 Å². The predicted molar refractivity (Wildman–Crippen MR) is 180 cm³/mol. The van der Waals surface area contributed by atoms with Gasteiger partial charge in [0.25, 0.3) is 11.5 Å². The van der Waals surface area contributed by atoms with Crippen molar-refractivity contribution in [1.82, 2.24) is 9.66 Å². The SMILES string of the molecule is CCOc1cc(C=Nn2c(-c3cc4cc(Cl)ccc4o3)nc3ccccc3c2=O)cc(I)c1OCC(=O)Nc1ccccc1F. The average Bonchev–Trinajstić information content (AvgIpc) is 3.44. The summed E-state index contributed by atoms with van der Waals surface area (Å²) < 4.78 is 33.4. The van der Waals surface area contributed by atoms with E-state index in [2.05, 4.69) is 33.0 Å². The summed E-state index contributed by atoms with van der Waals surface area (Å²) in [7, 11) is 0. The predicted octanol–water partition coefficient (Wildman–Crippen LogP) is 7.51. The Hall–Kier alpha value is -4.75. The van der Waals surface area contributed by atoms with Gasteiger partial charge in [-0.3, -0.25) is 9.59 Å². The maximum absolute atomic E-state index is 13.9. The van der Waals surface area contributed by atoms with Crippen LogP contribution in [0.4, 0.5) is 10.1 Å². The molecule has 0 aliphatic carbocycles. The number of hydrogen-bond donors (Lipinski definition) is 1. The Kier molecular flexibility index (Phi) is 8.80. The molecule has 12 heteroatoms. The monoisotopic (exact) mass is 736 g/mol. The van der Waals surface area contributed by atoms with E-state index in [0.717, 1.165) is 5.39 Å². The molecule has 0 aliphatic heterocycles. The van der Waals surface area contributed by atoms with Crippen LogP contribution in [0.5, 0.6) is 11.5 Å². The first kappa shape index (κ1) is 30.3. The van der Waals surface area contributed by atoms with Crippen molar-refractivity contribution < 1.29 is 23.1 Å². The van der Waals surface area contributed by atoms with Crippen molar-refractivity contribution in [3.63, 3.8) is 0 Å². The number of carbonyl (C=O) groups is 1. The van der Waals surface area contributed by atoms with E-state index >= 15 is 0 Å². The van der Waals surface area contributed by atoms with Gasteiger partial charge in [0, 0.05) is 10.4 Å². The third kappa shape index (κ3) is 6.54. The fourth-order valence-corrected chi connectivity index (χ4v) is 5.55. The molecule has 45 heavy (non-hydrogen) atoms. The van der Waals surface area contributed by atoms with Crippen LogP contribution in [0.1, 0.15) is 12.5 Å². The van der Waals surface area contributed by atoms with E-state index in [1.165, 1.54) is 29.1 Å². The smallest absolute Gasteiger partial charge is 0.282 e. The highest BCUT2D eigenvalue weighted by Gasteiger charge is 2.18. The zero-order valence-corrected chi connectivity index (χ0v) is 26.5. The number of nitrogens with one attached hydrogen (secondary N) is 1. The molecule has 6 aromatic rings. The van der Waals surface area contributed by atoms with Crippen LogP contribution in [0.3, 0.4) is 0 Å². The van der Waals surface area contributed by atoms with Crippen molar-refractivity contribution >= 4 is 73.9 Å². The number of ether oxygens (including phenoxy) is 2. The van der Waals surface area contributed by atoms with Gasteiger partial charge < -0.3 is 19.2 Å². The van der Waals surface area contributed by atoms with Gasteiger partial charge in [-0.1, -0.05) is 35.9 Å². The van der Waals surface area contributed by atoms with Crippen molar-refractivity contribution in [2.75, 3.05) is 18.5 Å². The van der Waals surface area contributed by atoms with Crippen molar-refractivity contribution in [1.29, 1.82) is 0 Å². The molecule has 1 N–H and O–H groups in total. The molecule has 4 aromatic carbocycles. The van der Waals surface area contributed by atoms with Crippen LogP contribution in [0.2, 0.25) is 5.02 Å². The van der Waals surface area contributed by atoms with Crippen molar-refractivity contribution in [2.24, 2.45) is 5.10 Å². The Labute approximate surface area is 274 Å². The molecule has 0 unspecified atom stereocenters. The minimum atomic E-state index is -0.548. The second-order valence-corrected chi connectivity index (χ2v) is 11.3. The standard InChI is InChI=1S/C33H23ClFIN4O5/c1-2-43-28-14-19(13-24(36)31(28)44-18-30(41)38-26-10-6-4-8-23(26)35)17-37-40-32(39-25-9-5-3-7-22(25)33(40)42)29-16-20-15-21(34)11-12-27(20)45-29/h3-17H,2,18H2,1H3,(H,38,41). The van der Waals surface area contributed by atoms with Gasteiger partial charge in [-0.2, -0.15) is 9.78 Å². The van der Waals surface area contributed by atoms with Gasteiger partial charge in [0.1, 0.15) is 11.4 Å². The summed E-state index contributed by atoms with van der Waals surface area (Å²) in [4.78, 5) is 30.8. The van der Waals surface area contributed by atoms with E-state index in [0.29, 0.717) is 54.5 Å².